The second-order valence-electron chi connectivity index (χ2n) is 4.96. The number of ether oxygens (including phenoxy) is 1. The second kappa shape index (κ2) is 5.54. The minimum absolute atomic E-state index is 0.0735. The van der Waals surface area contributed by atoms with Crippen LogP contribution in [0, 0.1) is 0 Å². The fourth-order valence-electron chi connectivity index (χ4n) is 1.57. The molecule has 1 fully saturated rings. The van der Waals surface area contributed by atoms with E-state index < -0.39 is 11.7 Å². The first-order chi connectivity index (χ1) is 7.81. The molecule has 2 amide bonds. The Bertz CT molecular complexity index is 303. The summed E-state index contributed by atoms with van der Waals surface area (Å²) in [4.78, 5) is 24.3. The smallest absolute Gasteiger partial charge is 0.410 e. The van der Waals surface area contributed by atoms with Crippen LogP contribution in [0.15, 0.2) is 0 Å². The highest BCUT2D eigenvalue weighted by atomic mass is 31.0. The minimum Gasteiger partial charge on any atom is -0.444 e. The normalized spacial score (nSPS) is 20.0. The number of hydrogen-bond acceptors (Lipinski definition) is 4. The zero-order chi connectivity index (χ0) is 13.1. The van der Waals surface area contributed by atoms with Gasteiger partial charge in [0.05, 0.1) is 15.5 Å². The highest BCUT2D eigenvalue weighted by Gasteiger charge is 2.30. The number of amides is 2. The zero-order valence-corrected chi connectivity index (χ0v) is 11.5. The third-order valence-corrected chi connectivity index (χ3v) is 2.48. The van der Waals surface area contributed by atoms with Crippen molar-refractivity contribution in [2.24, 2.45) is 0 Å². The third-order valence-electron chi connectivity index (χ3n) is 2.27. The van der Waals surface area contributed by atoms with E-state index in [1.54, 1.807) is 4.90 Å². The van der Waals surface area contributed by atoms with Crippen LogP contribution < -0.4 is 5.32 Å². The van der Waals surface area contributed by atoms with E-state index in [1.807, 2.05) is 30.2 Å². The molecule has 1 N–H and O–H groups in total. The molecule has 1 aliphatic rings. The third kappa shape index (κ3) is 4.77. The average Bonchev–Trinajstić information content (AvgIpc) is 2.63. The van der Waals surface area contributed by atoms with E-state index in [4.69, 9.17) is 4.74 Å². The van der Waals surface area contributed by atoms with Crippen LogP contribution in [-0.4, -0.2) is 41.8 Å². The van der Waals surface area contributed by atoms with Gasteiger partial charge in [0.25, 0.3) is 0 Å². The van der Waals surface area contributed by atoms with E-state index in [0.29, 0.717) is 19.5 Å². The zero-order valence-electron chi connectivity index (χ0n) is 10.4. The van der Waals surface area contributed by atoms with Gasteiger partial charge >= 0.3 is 12.2 Å². The number of nitrogens with one attached hydrogen (secondary N) is 1. The second-order valence-corrected chi connectivity index (χ2v) is 5.20. The van der Waals surface area contributed by atoms with Crippen LogP contribution in [-0.2, 0) is 9.26 Å². The molecule has 0 aromatic carbocycles. The Morgan fingerprint density at radius 1 is 1.41 bits per heavy atom. The summed E-state index contributed by atoms with van der Waals surface area (Å²) in [6.07, 6.45) is -0.147. The molecule has 0 spiro atoms. The van der Waals surface area contributed by atoms with Crippen molar-refractivity contribution >= 4 is 21.7 Å². The lowest BCUT2D eigenvalue weighted by Gasteiger charge is -2.24. The van der Waals surface area contributed by atoms with E-state index in [1.165, 1.54) is 0 Å². The molecule has 0 aromatic heterocycles. The summed E-state index contributed by atoms with van der Waals surface area (Å²) >= 11 is 0. The van der Waals surface area contributed by atoms with Crippen molar-refractivity contribution in [1.29, 1.82) is 0 Å². The molecule has 1 heterocycles. The lowest BCUT2D eigenvalue weighted by Crippen LogP contribution is -2.39. The Morgan fingerprint density at radius 2 is 2.06 bits per heavy atom. The largest absolute Gasteiger partial charge is 0.444 e. The van der Waals surface area contributed by atoms with Gasteiger partial charge in [-0.2, -0.15) is 0 Å². The fraction of sp³-hybridized carbons (Fsp3) is 0.800. The molecule has 0 saturated carbocycles. The van der Waals surface area contributed by atoms with Crippen LogP contribution in [0.3, 0.4) is 0 Å². The lowest BCUT2D eigenvalue weighted by molar-refractivity contribution is 0.0290. The number of likely N-dealkylation sites (tertiary alicyclic amines) is 1. The van der Waals surface area contributed by atoms with Crippen LogP contribution in [0.25, 0.3) is 0 Å². The molecule has 17 heavy (non-hydrogen) atoms. The van der Waals surface area contributed by atoms with Gasteiger partial charge in [0.2, 0.25) is 0 Å². The maximum atomic E-state index is 11.7. The van der Waals surface area contributed by atoms with Crippen LogP contribution in [0.1, 0.15) is 27.2 Å². The molecular formula is C10H19N2O4P. The van der Waals surface area contributed by atoms with Crippen LogP contribution >= 0.6 is 9.47 Å². The Labute approximate surface area is 103 Å². The Hall–Kier alpha value is -1.03. The van der Waals surface area contributed by atoms with Crippen molar-refractivity contribution in [1.82, 2.24) is 10.2 Å². The molecule has 0 radical (unpaired) electrons. The van der Waals surface area contributed by atoms with E-state index in [-0.39, 0.29) is 12.1 Å². The lowest BCUT2D eigenvalue weighted by atomic mass is 10.2. The monoisotopic (exact) mass is 262 g/mol. The van der Waals surface area contributed by atoms with E-state index in [0.717, 1.165) is 0 Å². The number of carbonyl (C=O) groups excluding carboxylic acids is 2. The first-order valence-corrected chi connectivity index (χ1v) is 5.94. The molecule has 6 nitrogen and oxygen atoms in total. The summed E-state index contributed by atoms with van der Waals surface area (Å²) in [6, 6.07) is -0.0735. The molecule has 0 aliphatic carbocycles. The molecular weight excluding hydrogens is 243 g/mol. The number of carbonyl (C=O) groups is 2. The van der Waals surface area contributed by atoms with Gasteiger partial charge in [0, 0.05) is 13.1 Å². The molecule has 98 valence electrons. The molecule has 1 unspecified atom stereocenters. The van der Waals surface area contributed by atoms with Crippen molar-refractivity contribution in [3.63, 3.8) is 0 Å². The minimum atomic E-state index is -0.508. The van der Waals surface area contributed by atoms with Crippen molar-refractivity contribution in [3.05, 3.63) is 0 Å². The molecule has 1 rings (SSSR count). The molecule has 1 saturated heterocycles. The van der Waals surface area contributed by atoms with Crippen molar-refractivity contribution < 1.29 is 18.8 Å². The van der Waals surface area contributed by atoms with Crippen LogP contribution in [0.4, 0.5) is 9.59 Å². The molecule has 7 heteroatoms. The van der Waals surface area contributed by atoms with Gasteiger partial charge in [-0.1, -0.05) is 0 Å². The SMILES string of the molecule is CC(C)(C)OC(=O)N1CC[C@H](NC(=O)OP)C1. The van der Waals surface area contributed by atoms with Gasteiger partial charge < -0.3 is 19.5 Å². The number of hydrogen-bond donors (Lipinski definition) is 1. The number of rotatable bonds is 1. The van der Waals surface area contributed by atoms with Crippen LogP contribution in [0.2, 0.25) is 0 Å². The first-order valence-electron chi connectivity index (χ1n) is 5.47. The van der Waals surface area contributed by atoms with Gasteiger partial charge in [-0.3, -0.25) is 0 Å². The molecule has 1 aliphatic heterocycles. The highest BCUT2D eigenvalue weighted by Crippen LogP contribution is 2.15. The van der Waals surface area contributed by atoms with Gasteiger partial charge in [-0.25, -0.2) is 9.59 Å². The van der Waals surface area contributed by atoms with E-state index in [9.17, 15) is 9.59 Å². The summed E-state index contributed by atoms with van der Waals surface area (Å²) in [5.74, 6) is 0. The molecule has 2 atom stereocenters. The van der Waals surface area contributed by atoms with Gasteiger partial charge in [0.1, 0.15) is 5.60 Å². The van der Waals surface area contributed by atoms with E-state index in [2.05, 4.69) is 9.84 Å². The summed E-state index contributed by atoms with van der Waals surface area (Å²) < 4.78 is 9.66. The fourth-order valence-corrected chi connectivity index (χ4v) is 1.64. The molecule has 0 aromatic rings. The quantitative estimate of drug-likeness (QED) is 0.727. The van der Waals surface area contributed by atoms with Gasteiger partial charge in [-0.05, 0) is 27.2 Å². The first kappa shape index (κ1) is 14.0. The van der Waals surface area contributed by atoms with Crippen molar-refractivity contribution in [3.8, 4) is 0 Å². The van der Waals surface area contributed by atoms with Crippen molar-refractivity contribution in [2.75, 3.05) is 13.1 Å². The topological polar surface area (TPSA) is 67.9 Å². The highest BCUT2D eigenvalue weighted by molar-refractivity contribution is 7.10. The van der Waals surface area contributed by atoms with Crippen molar-refractivity contribution in [2.45, 2.75) is 38.8 Å². The maximum Gasteiger partial charge on any atom is 0.410 e. The van der Waals surface area contributed by atoms with Gasteiger partial charge in [0.15, 0.2) is 0 Å². The summed E-state index contributed by atoms with van der Waals surface area (Å²) in [5, 5.41) is 2.64. The standard InChI is InChI=1S/C10H19N2O4P/c1-10(2,3)15-9(14)12-5-4-7(6-12)11-8(13)16-17/h7H,4-6,17H2,1-3H3,(H,11,13)/t7-/m0/s1. The summed E-state index contributed by atoms with van der Waals surface area (Å²) in [7, 11) is 1.88. The van der Waals surface area contributed by atoms with Crippen LogP contribution in [0.5, 0.6) is 0 Å². The Kier molecular flexibility index (Phi) is 4.57. The van der Waals surface area contributed by atoms with Gasteiger partial charge in [-0.15, -0.1) is 0 Å². The predicted molar refractivity (Wildman–Crippen MR) is 65.5 cm³/mol. The predicted octanol–water partition coefficient (Wildman–Crippen LogP) is 1.51. The summed E-state index contributed by atoms with van der Waals surface area (Å²) in [6.45, 7) is 6.50. The summed E-state index contributed by atoms with van der Waals surface area (Å²) in [5.41, 5.74) is -0.498. The Balaban J connectivity index is 2.39. The maximum absolute atomic E-state index is 11.7. The molecule has 0 bridgehead atoms. The average molecular weight is 262 g/mol. The van der Waals surface area contributed by atoms with E-state index >= 15 is 0 Å². The number of nitrogens with zero attached hydrogens (tertiary/aromatic N) is 1. The Morgan fingerprint density at radius 3 is 2.59 bits per heavy atom.